The third-order valence-corrected chi connectivity index (χ3v) is 4.28. The first-order valence-corrected chi connectivity index (χ1v) is 7.30. The fourth-order valence-corrected chi connectivity index (χ4v) is 3.04. The van der Waals surface area contributed by atoms with Crippen molar-refractivity contribution in [1.29, 1.82) is 0 Å². The van der Waals surface area contributed by atoms with Crippen LogP contribution in [0.2, 0.25) is 5.02 Å². The number of hydrogen-bond acceptors (Lipinski definition) is 2. The van der Waals surface area contributed by atoms with Gasteiger partial charge in [-0.1, -0.05) is 37.4 Å². The SMILES string of the molecule is CCC1CCCCCN1Cc1c(O)cccc1Cl. The molecule has 18 heavy (non-hydrogen) atoms. The van der Waals surface area contributed by atoms with Crippen LogP contribution in [0.25, 0.3) is 0 Å². The molecule has 3 heteroatoms. The van der Waals surface area contributed by atoms with Gasteiger partial charge in [0.05, 0.1) is 0 Å². The number of benzene rings is 1. The molecule has 1 aromatic carbocycles. The summed E-state index contributed by atoms with van der Waals surface area (Å²) < 4.78 is 0. The molecule has 0 aliphatic carbocycles. The molecule has 1 aliphatic heterocycles. The number of likely N-dealkylation sites (tertiary alicyclic amines) is 1. The number of rotatable bonds is 3. The van der Waals surface area contributed by atoms with E-state index in [0.29, 0.717) is 16.8 Å². The Balaban J connectivity index is 2.15. The van der Waals surface area contributed by atoms with Crippen LogP contribution in [0.15, 0.2) is 18.2 Å². The third-order valence-electron chi connectivity index (χ3n) is 3.93. The van der Waals surface area contributed by atoms with Crippen molar-refractivity contribution in [2.75, 3.05) is 6.54 Å². The number of halogens is 1. The van der Waals surface area contributed by atoms with Gasteiger partial charge in [0.1, 0.15) is 5.75 Å². The Morgan fingerprint density at radius 1 is 1.33 bits per heavy atom. The average Bonchev–Trinajstić information content (AvgIpc) is 2.59. The van der Waals surface area contributed by atoms with E-state index in [2.05, 4.69) is 11.8 Å². The van der Waals surface area contributed by atoms with E-state index in [1.807, 2.05) is 6.07 Å². The highest BCUT2D eigenvalue weighted by atomic mass is 35.5. The summed E-state index contributed by atoms with van der Waals surface area (Å²) in [5, 5.41) is 10.6. The van der Waals surface area contributed by atoms with E-state index in [1.165, 1.54) is 32.1 Å². The van der Waals surface area contributed by atoms with Gasteiger partial charge in [-0.15, -0.1) is 0 Å². The maximum atomic E-state index is 9.94. The van der Waals surface area contributed by atoms with Gasteiger partial charge in [-0.2, -0.15) is 0 Å². The summed E-state index contributed by atoms with van der Waals surface area (Å²) in [6.45, 7) is 4.13. The molecule has 1 heterocycles. The molecule has 2 nitrogen and oxygen atoms in total. The highest BCUT2D eigenvalue weighted by molar-refractivity contribution is 6.31. The number of phenolic OH excluding ortho intramolecular Hbond substituents is 1. The van der Waals surface area contributed by atoms with Crippen LogP contribution in [0, 0.1) is 0 Å². The summed E-state index contributed by atoms with van der Waals surface area (Å²) in [5.74, 6) is 0.321. The quantitative estimate of drug-likeness (QED) is 0.887. The Kier molecular flexibility index (Phi) is 4.90. The van der Waals surface area contributed by atoms with Gasteiger partial charge >= 0.3 is 0 Å². The molecule has 1 aromatic rings. The lowest BCUT2D eigenvalue weighted by Gasteiger charge is -2.29. The van der Waals surface area contributed by atoms with Crippen molar-refractivity contribution in [2.45, 2.75) is 51.6 Å². The topological polar surface area (TPSA) is 23.5 Å². The van der Waals surface area contributed by atoms with E-state index in [0.717, 1.165) is 18.7 Å². The molecule has 2 rings (SSSR count). The van der Waals surface area contributed by atoms with Crippen LogP contribution < -0.4 is 0 Å². The molecular formula is C15H22ClNO. The van der Waals surface area contributed by atoms with Crippen molar-refractivity contribution in [3.8, 4) is 5.75 Å². The number of nitrogens with zero attached hydrogens (tertiary/aromatic N) is 1. The average molecular weight is 268 g/mol. The molecule has 0 saturated carbocycles. The second-order valence-electron chi connectivity index (χ2n) is 5.12. The van der Waals surface area contributed by atoms with E-state index < -0.39 is 0 Å². The molecule has 0 bridgehead atoms. The minimum absolute atomic E-state index is 0.321. The predicted octanol–water partition coefficient (Wildman–Crippen LogP) is 4.20. The maximum absolute atomic E-state index is 9.94. The highest BCUT2D eigenvalue weighted by Crippen LogP contribution is 2.29. The lowest BCUT2D eigenvalue weighted by atomic mass is 10.1. The molecule has 1 aliphatic rings. The molecule has 1 fully saturated rings. The minimum atomic E-state index is 0.321. The Bertz CT molecular complexity index is 374. The van der Waals surface area contributed by atoms with E-state index in [9.17, 15) is 5.11 Å². The number of aromatic hydroxyl groups is 1. The van der Waals surface area contributed by atoms with Crippen molar-refractivity contribution in [2.24, 2.45) is 0 Å². The van der Waals surface area contributed by atoms with Gasteiger partial charge in [-0.25, -0.2) is 0 Å². The second-order valence-corrected chi connectivity index (χ2v) is 5.53. The largest absolute Gasteiger partial charge is 0.508 e. The van der Waals surface area contributed by atoms with Gasteiger partial charge in [-0.05, 0) is 37.9 Å². The van der Waals surface area contributed by atoms with E-state index in [-0.39, 0.29) is 0 Å². The third kappa shape index (κ3) is 3.18. The Labute approximate surface area is 115 Å². The van der Waals surface area contributed by atoms with Crippen LogP contribution in [-0.2, 0) is 6.54 Å². The van der Waals surface area contributed by atoms with Gasteiger partial charge in [0.15, 0.2) is 0 Å². The zero-order chi connectivity index (χ0) is 13.0. The number of hydrogen-bond donors (Lipinski definition) is 1. The molecule has 1 saturated heterocycles. The van der Waals surface area contributed by atoms with Crippen molar-refractivity contribution < 1.29 is 5.11 Å². The Morgan fingerprint density at radius 3 is 2.89 bits per heavy atom. The van der Waals surface area contributed by atoms with Crippen molar-refractivity contribution in [3.63, 3.8) is 0 Å². The monoisotopic (exact) mass is 267 g/mol. The second kappa shape index (κ2) is 6.44. The summed E-state index contributed by atoms with van der Waals surface area (Å²) in [5.41, 5.74) is 0.875. The van der Waals surface area contributed by atoms with E-state index in [1.54, 1.807) is 12.1 Å². The maximum Gasteiger partial charge on any atom is 0.121 e. The molecule has 1 unspecified atom stereocenters. The lowest BCUT2D eigenvalue weighted by Crippen LogP contribution is -2.33. The summed E-state index contributed by atoms with van der Waals surface area (Å²) in [6, 6.07) is 6.00. The fraction of sp³-hybridized carbons (Fsp3) is 0.600. The fourth-order valence-electron chi connectivity index (χ4n) is 2.81. The van der Waals surface area contributed by atoms with Crippen LogP contribution in [0.5, 0.6) is 5.75 Å². The van der Waals surface area contributed by atoms with Gasteiger partial charge in [0.25, 0.3) is 0 Å². The van der Waals surface area contributed by atoms with Crippen LogP contribution in [-0.4, -0.2) is 22.6 Å². The zero-order valence-corrected chi connectivity index (χ0v) is 11.8. The summed E-state index contributed by atoms with van der Waals surface area (Å²) >= 11 is 6.19. The summed E-state index contributed by atoms with van der Waals surface area (Å²) in [4.78, 5) is 2.48. The first kappa shape index (κ1) is 13.7. The zero-order valence-electron chi connectivity index (χ0n) is 11.0. The molecule has 0 spiro atoms. The van der Waals surface area contributed by atoms with E-state index >= 15 is 0 Å². The summed E-state index contributed by atoms with van der Waals surface area (Å²) in [6.07, 6.45) is 6.33. The van der Waals surface area contributed by atoms with Crippen molar-refractivity contribution >= 4 is 11.6 Å². The molecule has 0 radical (unpaired) electrons. The highest BCUT2D eigenvalue weighted by Gasteiger charge is 2.21. The van der Waals surface area contributed by atoms with Gasteiger partial charge < -0.3 is 5.11 Å². The normalized spacial score (nSPS) is 21.8. The number of phenols is 1. The van der Waals surface area contributed by atoms with Gasteiger partial charge in [0, 0.05) is 23.2 Å². The summed E-state index contributed by atoms with van der Waals surface area (Å²) in [7, 11) is 0. The lowest BCUT2D eigenvalue weighted by molar-refractivity contribution is 0.184. The Morgan fingerprint density at radius 2 is 2.17 bits per heavy atom. The van der Waals surface area contributed by atoms with Crippen LogP contribution in [0.3, 0.4) is 0 Å². The van der Waals surface area contributed by atoms with E-state index in [4.69, 9.17) is 11.6 Å². The smallest absolute Gasteiger partial charge is 0.121 e. The van der Waals surface area contributed by atoms with Crippen LogP contribution >= 0.6 is 11.6 Å². The minimum Gasteiger partial charge on any atom is -0.508 e. The van der Waals surface area contributed by atoms with Crippen molar-refractivity contribution in [1.82, 2.24) is 4.90 Å². The Hall–Kier alpha value is -0.730. The standard InChI is InChI=1S/C15H22ClNO/c1-2-12-7-4-3-5-10-17(12)11-13-14(16)8-6-9-15(13)18/h6,8-9,12,18H,2-5,7,10-11H2,1H3. The first-order chi connectivity index (χ1) is 8.72. The van der Waals surface area contributed by atoms with Crippen LogP contribution in [0.1, 0.15) is 44.6 Å². The molecule has 1 N–H and O–H groups in total. The molecule has 1 atom stereocenters. The first-order valence-electron chi connectivity index (χ1n) is 6.92. The molecule has 0 amide bonds. The molecule has 0 aromatic heterocycles. The van der Waals surface area contributed by atoms with Gasteiger partial charge in [0.2, 0.25) is 0 Å². The molecule has 100 valence electrons. The van der Waals surface area contributed by atoms with Gasteiger partial charge in [-0.3, -0.25) is 4.90 Å². The predicted molar refractivity (Wildman–Crippen MR) is 76.1 cm³/mol. The van der Waals surface area contributed by atoms with Crippen LogP contribution in [0.4, 0.5) is 0 Å². The van der Waals surface area contributed by atoms with Crippen molar-refractivity contribution in [3.05, 3.63) is 28.8 Å². The molecular weight excluding hydrogens is 246 g/mol.